The number of imidazole rings is 1. The van der Waals surface area contributed by atoms with Crippen LogP contribution in [0.1, 0.15) is 28.5 Å². The van der Waals surface area contributed by atoms with E-state index in [0.717, 1.165) is 5.69 Å². The molecule has 0 saturated carbocycles. The molecule has 4 heterocycles. The summed E-state index contributed by atoms with van der Waals surface area (Å²) in [4.78, 5) is 34.6. The molecular weight excluding hydrogens is 360 g/mol. The van der Waals surface area contributed by atoms with Crippen LogP contribution in [0.15, 0.2) is 24.8 Å². The molecule has 2 aliphatic heterocycles. The number of nitrogens with zero attached hydrogens (tertiary/aromatic N) is 6. The Morgan fingerprint density at radius 3 is 2.86 bits per heavy atom. The van der Waals surface area contributed by atoms with Crippen molar-refractivity contribution in [3.63, 3.8) is 0 Å². The molecule has 28 heavy (non-hydrogen) atoms. The molecule has 1 spiro atoms. The summed E-state index contributed by atoms with van der Waals surface area (Å²) < 4.78 is 8.65. The monoisotopic (exact) mass is 386 g/mol. The Morgan fingerprint density at radius 1 is 1.39 bits per heavy atom. The van der Waals surface area contributed by atoms with Gasteiger partial charge in [-0.25, -0.2) is 4.98 Å². The van der Waals surface area contributed by atoms with E-state index in [0.29, 0.717) is 44.9 Å². The normalized spacial score (nSPS) is 24.7. The fraction of sp³-hybridized carbons (Fsp3) is 0.579. The largest absolute Gasteiger partial charge is 0.383 e. The zero-order valence-corrected chi connectivity index (χ0v) is 16.5. The van der Waals surface area contributed by atoms with E-state index in [9.17, 15) is 9.59 Å². The fourth-order valence-corrected chi connectivity index (χ4v) is 4.49. The first-order valence-electron chi connectivity index (χ1n) is 9.50. The highest BCUT2D eigenvalue weighted by atomic mass is 16.5. The molecule has 2 aliphatic rings. The van der Waals surface area contributed by atoms with Crippen molar-refractivity contribution >= 4 is 11.8 Å². The lowest BCUT2D eigenvalue weighted by Gasteiger charge is -2.27. The van der Waals surface area contributed by atoms with Crippen LogP contribution in [-0.4, -0.2) is 80.8 Å². The second kappa shape index (κ2) is 7.05. The minimum atomic E-state index is -0.632. The van der Waals surface area contributed by atoms with Crippen molar-refractivity contribution in [1.29, 1.82) is 0 Å². The molecule has 0 N–H and O–H groups in total. The van der Waals surface area contributed by atoms with Gasteiger partial charge in [0.05, 0.1) is 24.0 Å². The number of hydrogen-bond acceptors (Lipinski definition) is 5. The molecule has 2 aromatic rings. The summed E-state index contributed by atoms with van der Waals surface area (Å²) in [6.07, 6.45) is 6.16. The summed E-state index contributed by atoms with van der Waals surface area (Å²) in [7, 11) is 5.33. The van der Waals surface area contributed by atoms with Gasteiger partial charge in [0.2, 0.25) is 5.91 Å². The summed E-state index contributed by atoms with van der Waals surface area (Å²) >= 11 is 0. The molecule has 4 rings (SSSR count). The van der Waals surface area contributed by atoms with Crippen LogP contribution in [0.3, 0.4) is 0 Å². The molecule has 0 aliphatic carbocycles. The average Bonchev–Trinajstić information content (AvgIpc) is 3.43. The van der Waals surface area contributed by atoms with Crippen LogP contribution in [0.4, 0.5) is 0 Å². The molecule has 150 valence electrons. The molecule has 0 bridgehead atoms. The maximum absolute atomic E-state index is 13.4. The number of rotatable bonds is 5. The molecule has 2 fully saturated rings. The van der Waals surface area contributed by atoms with Crippen molar-refractivity contribution in [3.05, 3.63) is 36.2 Å². The van der Waals surface area contributed by atoms with Crippen LogP contribution in [0.2, 0.25) is 0 Å². The smallest absolute Gasteiger partial charge is 0.274 e. The van der Waals surface area contributed by atoms with E-state index in [4.69, 9.17) is 4.74 Å². The molecule has 0 aromatic carbocycles. The standard InChI is InChI=1S/C19H26N6O3/c1-22-11-16(20-13-22)14-10-25(17(26)15-4-6-23(2)21-15)12-19(14)5-7-24(18(19)27)8-9-28-3/h4,6,11,13-14H,5,7-10,12H2,1-3H3/t14-,19+/m0/s1. The van der Waals surface area contributed by atoms with Gasteiger partial charge < -0.3 is 19.1 Å². The Labute approximate surface area is 163 Å². The third kappa shape index (κ3) is 2.99. The number of aromatic nitrogens is 4. The topological polar surface area (TPSA) is 85.5 Å². The Kier molecular flexibility index (Phi) is 4.70. The van der Waals surface area contributed by atoms with Crippen LogP contribution in [0.25, 0.3) is 0 Å². The van der Waals surface area contributed by atoms with Gasteiger partial charge in [0.1, 0.15) is 5.69 Å². The van der Waals surface area contributed by atoms with E-state index < -0.39 is 5.41 Å². The van der Waals surface area contributed by atoms with E-state index >= 15 is 0 Å². The molecular formula is C19H26N6O3. The summed E-state index contributed by atoms with van der Waals surface area (Å²) in [6.45, 7) is 2.62. The minimum absolute atomic E-state index is 0.0940. The van der Waals surface area contributed by atoms with Gasteiger partial charge in [-0.2, -0.15) is 5.10 Å². The molecule has 0 radical (unpaired) electrons. The van der Waals surface area contributed by atoms with Crippen LogP contribution in [0.5, 0.6) is 0 Å². The first-order valence-corrected chi connectivity index (χ1v) is 9.50. The van der Waals surface area contributed by atoms with Gasteiger partial charge in [-0.3, -0.25) is 14.3 Å². The van der Waals surface area contributed by atoms with Crippen LogP contribution < -0.4 is 0 Å². The third-order valence-electron chi connectivity index (χ3n) is 5.95. The second-order valence-electron chi connectivity index (χ2n) is 7.77. The first kappa shape index (κ1) is 18.7. The van der Waals surface area contributed by atoms with Crippen molar-refractivity contribution in [2.75, 3.05) is 39.9 Å². The lowest BCUT2D eigenvalue weighted by molar-refractivity contribution is -0.136. The van der Waals surface area contributed by atoms with E-state index in [-0.39, 0.29) is 17.7 Å². The molecule has 0 unspecified atom stereocenters. The zero-order valence-electron chi connectivity index (χ0n) is 16.5. The number of carbonyl (C=O) groups excluding carboxylic acids is 2. The Hall–Kier alpha value is -2.68. The van der Waals surface area contributed by atoms with Crippen LogP contribution in [-0.2, 0) is 23.6 Å². The quantitative estimate of drug-likeness (QED) is 0.736. The lowest BCUT2D eigenvalue weighted by atomic mass is 9.75. The van der Waals surface area contributed by atoms with Crippen molar-refractivity contribution in [2.24, 2.45) is 19.5 Å². The molecule has 2 aromatic heterocycles. The van der Waals surface area contributed by atoms with E-state index in [1.54, 1.807) is 42.3 Å². The SMILES string of the molecule is COCCN1CC[C@]2(CN(C(=O)c3ccn(C)n3)C[C@H]2c2cn(C)cn2)C1=O. The number of carbonyl (C=O) groups is 2. The number of aryl methyl sites for hydroxylation is 2. The average molecular weight is 386 g/mol. The minimum Gasteiger partial charge on any atom is -0.383 e. The summed E-state index contributed by atoms with van der Waals surface area (Å²) in [5.74, 6) is -0.167. The molecule has 2 amide bonds. The number of amides is 2. The van der Waals surface area contributed by atoms with Crippen molar-refractivity contribution in [3.8, 4) is 0 Å². The maximum Gasteiger partial charge on any atom is 0.274 e. The van der Waals surface area contributed by atoms with Crippen molar-refractivity contribution in [1.82, 2.24) is 29.1 Å². The van der Waals surface area contributed by atoms with Gasteiger partial charge in [-0.1, -0.05) is 0 Å². The predicted molar refractivity (Wildman–Crippen MR) is 101 cm³/mol. The highest BCUT2D eigenvalue weighted by Gasteiger charge is 2.58. The van der Waals surface area contributed by atoms with Gasteiger partial charge >= 0.3 is 0 Å². The van der Waals surface area contributed by atoms with E-state index in [1.807, 2.05) is 22.7 Å². The molecule has 2 atom stereocenters. The van der Waals surface area contributed by atoms with Gasteiger partial charge in [0.15, 0.2) is 0 Å². The van der Waals surface area contributed by atoms with Gasteiger partial charge in [-0.15, -0.1) is 0 Å². The molecule has 9 nitrogen and oxygen atoms in total. The highest BCUT2D eigenvalue weighted by molar-refractivity contribution is 5.94. The van der Waals surface area contributed by atoms with Gasteiger partial charge in [0.25, 0.3) is 5.91 Å². The van der Waals surface area contributed by atoms with Crippen LogP contribution in [0, 0.1) is 5.41 Å². The van der Waals surface area contributed by atoms with Crippen LogP contribution >= 0.6 is 0 Å². The Bertz CT molecular complexity index is 890. The molecule has 2 saturated heterocycles. The lowest BCUT2D eigenvalue weighted by Crippen LogP contribution is -2.41. The zero-order chi connectivity index (χ0) is 19.9. The van der Waals surface area contributed by atoms with Crippen molar-refractivity contribution < 1.29 is 14.3 Å². The fourth-order valence-electron chi connectivity index (χ4n) is 4.49. The number of ether oxygens (including phenoxy) is 1. The summed E-state index contributed by atoms with van der Waals surface area (Å²) in [5.41, 5.74) is 0.633. The summed E-state index contributed by atoms with van der Waals surface area (Å²) in [5, 5.41) is 4.24. The van der Waals surface area contributed by atoms with Crippen molar-refractivity contribution in [2.45, 2.75) is 12.3 Å². The Morgan fingerprint density at radius 2 is 2.21 bits per heavy atom. The first-order chi connectivity index (χ1) is 13.4. The van der Waals surface area contributed by atoms with E-state index in [2.05, 4.69) is 10.1 Å². The molecule has 9 heteroatoms. The number of hydrogen-bond donors (Lipinski definition) is 0. The maximum atomic E-state index is 13.4. The number of methoxy groups -OCH3 is 1. The second-order valence-corrected chi connectivity index (χ2v) is 7.77. The highest BCUT2D eigenvalue weighted by Crippen LogP contribution is 2.49. The predicted octanol–water partition coefficient (Wildman–Crippen LogP) is 0.258. The Balaban J connectivity index is 1.65. The van der Waals surface area contributed by atoms with E-state index in [1.165, 1.54) is 0 Å². The van der Waals surface area contributed by atoms with Gasteiger partial charge in [0, 0.05) is 65.7 Å². The third-order valence-corrected chi connectivity index (χ3v) is 5.95. The summed E-state index contributed by atoms with van der Waals surface area (Å²) in [6, 6.07) is 1.71. The van der Waals surface area contributed by atoms with Gasteiger partial charge in [-0.05, 0) is 12.5 Å². The number of likely N-dealkylation sites (tertiary alicyclic amines) is 2.